The van der Waals surface area contributed by atoms with Gasteiger partial charge in [-0.2, -0.15) is 0 Å². The van der Waals surface area contributed by atoms with Gasteiger partial charge < -0.3 is 33.8 Å². The molecular weight excluding hydrogens is 1040 g/mol. The zero-order valence-corrected chi connectivity index (χ0v) is 51.7. The molecule has 0 heterocycles. The summed E-state index contributed by atoms with van der Waals surface area (Å²) in [6, 6.07) is 0. The fraction of sp³-hybridized carbons (Fsp3) is 0.932. The standard InChI is InChI=1S/C59H114O17P2/c1-7-9-11-13-14-24-31-37-43-58(63)75-54(47-69-56(61)41-35-27-12-10-8-2)49-73-77(65,66)71-45-53(60)46-72-78(67,68)74-50-55(48-70-57(62)42-36-30-25-21-17-19-23-29-34-40-52(5)6)76-59(64)44-38-32-26-20-16-15-18-22-28-33-39-51(3)4/h51-55,60H,7-50H2,1-6H3,(H,65,66)(H,67,68)/t53-,54+,55+/m0/s1. The van der Waals surface area contributed by atoms with E-state index in [9.17, 15) is 43.2 Å². The van der Waals surface area contributed by atoms with Gasteiger partial charge in [0.2, 0.25) is 0 Å². The number of hydrogen-bond acceptors (Lipinski definition) is 15. The van der Waals surface area contributed by atoms with Gasteiger partial charge in [-0.1, -0.05) is 234 Å². The van der Waals surface area contributed by atoms with Crippen LogP contribution in [0, 0.1) is 11.8 Å². The summed E-state index contributed by atoms with van der Waals surface area (Å²) in [7, 11) is -9.87. The Morgan fingerprint density at radius 3 is 0.872 bits per heavy atom. The Morgan fingerprint density at radius 2 is 0.590 bits per heavy atom. The molecule has 462 valence electrons. The number of phosphoric ester groups is 2. The molecule has 5 atom stereocenters. The van der Waals surface area contributed by atoms with E-state index in [1.165, 1.54) is 89.9 Å². The second-order valence-corrected chi connectivity index (χ2v) is 25.2. The number of ether oxygens (including phenoxy) is 4. The van der Waals surface area contributed by atoms with Crippen LogP contribution in [0.15, 0.2) is 0 Å². The number of aliphatic hydroxyl groups is 1. The summed E-state index contributed by atoms with van der Waals surface area (Å²) in [6.45, 7) is 9.31. The zero-order valence-electron chi connectivity index (χ0n) is 50.0. The third kappa shape index (κ3) is 53.4. The number of phosphoric acid groups is 2. The first kappa shape index (κ1) is 76.1. The smallest absolute Gasteiger partial charge is 0.462 e. The van der Waals surface area contributed by atoms with Crippen LogP contribution in [0.2, 0.25) is 0 Å². The lowest BCUT2D eigenvalue weighted by molar-refractivity contribution is -0.161. The van der Waals surface area contributed by atoms with Crippen molar-refractivity contribution in [2.75, 3.05) is 39.6 Å². The van der Waals surface area contributed by atoms with E-state index in [4.69, 9.17) is 37.0 Å². The first-order valence-corrected chi connectivity index (χ1v) is 34.0. The van der Waals surface area contributed by atoms with Crippen molar-refractivity contribution in [3.8, 4) is 0 Å². The van der Waals surface area contributed by atoms with Crippen molar-refractivity contribution in [2.45, 2.75) is 304 Å². The molecule has 0 aromatic rings. The van der Waals surface area contributed by atoms with Crippen LogP contribution in [0.5, 0.6) is 0 Å². The molecule has 0 bridgehead atoms. The second kappa shape index (κ2) is 51.9. The highest BCUT2D eigenvalue weighted by Crippen LogP contribution is 2.45. The normalized spacial score (nSPS) is 14.4. The van der Waals surface area contributed by atoms with Gasteiger partial charge in [0.15, 0.2) is 12.2 Å². The van der Waals surface area contributed by atoms with Crippen LogP contribution < -0.4 is 0 Å². The zero-order chi connectivity index (χ0) is 58.0. The van der Waals surface area contributed by atoms with Gasteiger partial charge in [0.05, 0.1) is 26.4 Å². The largest absolute Gasteiger partial charge is 0.472 e. The molecule has 17 nitrogen and oxygen atoms in total. The van der Waals surface area contributed by atoms with Crippen LogP contribution >= 0.6 is 15.6 Å². The summed E-state index contributed by atoms with van der Waals surface area (Å²) >= 11 is 0. The lowest BCUT2D eigenvalue weighted by Crippen LogP contribution is -2.30. The quantitative estimate of drug-likeness (QED) is 0.0222. The summed E-state index contributed by atoms with van der Waals surface area (Å²) < 4.78 is 67.5. The van der Waals surface area contributed by atoms with Crippen LogP contribution in [0.4, 0.5) is 0 Å². The maximum Gasteiger partial charge on any atom is 0.472 e. The number of carbonyl (C=O) groups excluding carboxylic acids is 4. The number of hydrogen-bond donors (Lipinski definition) is 3. The molecule has 78 heavy (non-hydrogen) atoms. The molecular formula is C59H114O17P2. The van der Waals surface area contributed by atoms with Gasteiger partial charge in [-0.3, -0.25) is 37.3 Å². The topological polar surface area (TPSA) is 237 Å². The molecule has 0 saturated heterocycles. The predicted octanol–water partition coefficient (Wildman–Crippen LogP) is 15.7. The van der Waals surface area contributed by atoms with E-state index in [-0.39, 0.29) is 25.7 Å². The molecule has 0 aromatic carbocycles. The van der Waals surface area contributed by atoms with E-state index in [0.717, 1.165) is 115 Å². The van der Waals surface area contributed by atoms with Gasteiger partial charge in [0, 0.05) is 25.7 Å². The van der Waals surface area contributed by atoms with Crippen molar-refractivity contribution < 1.29 is 80.2 Å². The molecule has 19 heteroatoms. The van der Waals surface area contributed by atoms with Crippen LogP contribution in [0.3, 0.4) is 0 Å². The molecule has 2 unspecified atom stereocenters. The first-order valence-electron chi connectivity index (χ1n) is 31.0. The van der Waals surface area contributed by atoms with Crippen LogP contribution in [0.25, 0.3) is 0 Å². The van der Waals surface area contributed by atoms with Crippen LogP contribution in [-0.4, -0.2) is 96.7 Å². The lowest BCUT2D eigenvalue weighted by atomic mass is 10.0. The van der Waals surface area contributed by atoms with E-state index in [2.05, 4.69) is 41.5 Å². The third-order valence-electron chi connectivity index (χ3n) is 13.5. The minimum atomic E-state index is -4.94. The molecule has 3 N–H and O–H groups in total. The van der Waals surface area contributed by atoms with Gasteiger partial charge in [-0.25, -0.2) is 9.13 Å². The van der Waals surface area contributed by atoms with E-state index in [0.29, 0.717) is 25.7 Å². The molecule has 0 rings (SSSR count). The first-order chi connectivity index (χ1) is 37.4. The maximum absolute atomic E-state index is 12.9. The molecule has 0 aliphatic heterocycles. The summed E-state index contributed by atoms with van der Waals surface area (Å²) in [6.07, 6.45) is 32.5. The molecule has 0 aliphatic carbocycles. The monoisotopic (exact) mass is 1160 g/mol. The Bertz CT molecular complexity index is 1550. The van der Waals surface area contributed by atoms with Crippen molar-refractivity contribution >= 4 is 39.5 Å². The fourth-order valence-electron chi connectivity index (χ4n) is 8.65. The molecule has 0 aromatic heterocycles. The molecule has 0 spiro atoms. The Kier molecular flexibility index (Phi) is 50.6. The summed E-state index contributed by atoms with van der Waals surface area (Å²) in [5, 5.41) is 10.5. The van der Waals surface area contributed by atoms with Crippen molar-refractivity contribution in [1.29, 1.82) is 0 Å². The Balaban J connectivity index is 5.18. The molecule has 0 aliphatic rings. The van der Waals surface area contributed by atoms with Crippen molar-refractivity contribution in [2.24, 2.45) is 11.8 Å². The number of aliphatic hydroxyl groups excluding tert-OH is 1. The highest BCUT2D eigenvalue weighted by molar-refractivity contribution is 7.47. The lowest BCUT2D eigenvalue weighted by Gasteiger charge is -2.21. The van der Waals surface area contributed by atoms with E-state index in [1.807, 2.05) is 0 Å². The fourth-order valence-corrected chi connectivity index (χ4v) is 10.2. The molecule has 0 fully saturated rings. The van der Waals surface area contributed by atoms with Gasteiger partial charge >= 0.3 is 39.5 Å². The van der Waals surface area contributed by atoms with Crippen LogP contribution in [-0.2, 0) is 65.4 Å². The average Bonchev–Trinajstić information content (AvgIpc) is 3.39. The third-order valence-corrected chi connectivity index (χ3v) is 15.4. The van der Waals surface area contributed by atoms with E-state index in [1.54, 1.807) is 0 Å². The van der Waals surface area contributed by atoms with Crippen LogP contribution in [0.1, 0.15) is 286 Å². The maximum atomic E-state index is 12.9. The highest BCUT2D eigenvalue weighted by Gasteiger charge is 2.30. The van der Waals surface area contributed by atoms with E-state index < -0.39 is 97.5 Å². The van der Waals surface area contributed by atoms with Gasteiger partial charge in [0.1, 0.15) is 19.3 Å². The second-order valence-electron chi connectivity index (χ2n) is 22.3. The number of unbranched alkanes of at least 4 members (excludes halogenated alkanes) is 28. The van der Waals surface area contributed by atoms with Crippen molar-refractivity contribution in [3.63, 3.8) is 0 Å². The van der Waals surface area contributed by atoms with E-state index >= 15 is 0 Å². The molecule has 0 amide bonds. The van der Waals surface area contributed by atoms with Crippen molar-refractivity contribution in [1.82, 2.24) is 0 Å². The summed E-state index contributed by atoms with van der Waals surface area (Å²) in [5.41, 5.74) is 0. The minimum absolute atomic E-state index is 0.104. The van der Waals surface area contributed by atoms with Gasteiger partial charge in [0.25, 0.3) is 0 Å². The Morgan fingerprint density at radius 1 is 0.346 bits per heavy atom. The van der Waals surface area contributed by atoms with Gasteiger partial charge in [-0.15, -0.1) is 0 Å². The molecule has 0 radical (unpaired) electrons. The summed E-state index contributed by atoms with van der Waals surface area (Å²) in [4.78, 5) is 71.7. The predicted molar refractivity (Wildman–Crippen MR) is 308 cm³/mol. The summed E-state index contributed by atoms with van der Waals surface area (Å²) in [5.74, 6) is -0.658. The number of esters is 4. The molecule has 0 saturated carbocycles. The van der Waals surface area contributed by atoms with Gasteiger partial charge in [-0.05, 0) is 37.5 Å². The SMILES string of the molecule is CCCCCCCCCCC(=O)O[C@H](COC(=O)CCCCCCC)COP(=O)(O)OC[C@H](O)COP(=O)(O)OC[C@@H](COC(=O)CCCCCCCCCCCC(C)C)OC(=O)CCCCCCCCCCCCC(C)C. The Hall–Kier alpha value is -1.94. The number of carbonyl (C=O) groups is 4. The highest BCUT2D eigenvalue weighted by atomic mass is 31.2. The van der Waals surface area contributed by atoms with Crippen molar-refractivity contribution in [3.05, 3.63) is 0 Å². The minimum Gasteiger partial charge on any atom is -0.462 e. The average molecular weight is 1160 g/mol. The Labute approximate surface area is 473 Å². The number of rotatable bonds is 58.